The highest BCUT2D eigenvalue weighted by Gasteiger charge is 2.36. The summed E-state index contributed by atoms with van der Waals surface area (Å²) in [6, 6.07) is 2.86. The number of anilines is 1. The maximum atomic E-state index is 12.7. The predicted molar refractivity (Wildman–Crippen MR) is 94.8 cm³/mol. The van der Waals surface area contributed by atoms with Crippen LogP contribution in [0.25, 0.3) is 0 Å². The molecule has 6 nitrogen and oxygen atoms in total. The number of fused-ring (bicyclic) bond motifs is 1. The largest absolute Gasteiger partial charge is 0.459 e. The number of aromatic nitrogens is 1. The normalized spacial score (nSPS) is 20.2. The summed E-state index contributed by atoms with van der Waals surface area (Å²) in [7, 11) is 0. The van der Waals surface area contributed by atoms with Crippen LogP contribution in [-0.2, 0) is 17.6 Å². The first-order valence-electron chi connectivity index (χ1n) is 8.86. The number of likely N-dealkylation sites (tertiary alicyclic amines) is 1. The number of carbonyl (C=O) groups is 2. The lowest BCUT2D eigenvalue weighted by atomic mass is 10.2. The Kier molecular flexibility index (Phi) is 4.57. The molecule has 1 atom stereocenters. The minimum atomic E-state index is -0.457. The third-order valence-electron chi connectivity index (χ3n) is 4.87. The van der Waals surface area contributed by atoms with E-state index >= 15 is 0 Å². The molecule has 2 aliphatic rings. The summed E-state index contributed by atoms with van der Waals surface area (Å²) in [6.45, 7) is 0.575. The van der Waals surface area contributed by atoms with Crippen molar-refractivity contribution < 1.29 is 14.0 Å². The number of rotatable bonds is 3. The van der Waals surface area contributed by atoms with Crippen LogP contribution < -0.4 is 5.32 Å². The zero-order chi connectivity index (χ0) is 17.2. The lowest BCUT2D eigenvalue weighted by Crippen LogP contribution is -2.43. The van der Waals surface area contributed by atoms with Gasteiger partial charge in [-0.2, -0.15) is 0 Å². The number of nitrogens with one attached hydrogen (secondary N) is 1. The molecule has 0 radical (unpaired) electrons. The average molecular weight is 359 g/mol. The summed E-state index contributed by atoms with van der Waals surface area (Å²) in [5.41, 5.74) is 1.13. The maximum absolute atomic E-state index is 12.7. The van der Waals surface area contributed by atoms with Crippen molar-refractivity contribution in [1.29, 1.82) is 0 Å². The van der Waals surface area contributed by atoms with Gasteiger partial charge < -0.3 is 14.6 Å². The number of nitrogens with zero attached hydrogens (tertiary/aromatic N) is 2. The molecule has 3 heterocycles. The molecule has 7 heteroatoms. The van der Waals surface area contributed by atoms with Gasteiger partial charge in [-0.25, -0.2) is 4.98 Å². The minimum absolute atomic E-state index is 0.152. The molecule has 2 aromatic heterocycles. The molecule has 0 spiro atoms. The number of thiazole rings is 1. The summed E-state index contributed by atoms with van der Waals surface area (Å²) in [4.78, 5) is 32.7. The Morgan fingerprint density at radius 1 is 1.24 bits per heavy atom. The first kappa shape index (κ1) is 16.3. The smallest absolute Gasteiger partial charge is 0.290 e. The Labute approximate surface area is 150 Å². The van der Waals surface area contributed by atoms with Crippen molar-refractivity contribution in [3.05, 3.63) is 34.7 Å². The fourth-order valence-electron chi connectivity index (χ4n) is 3.60. The van der Waals surface area contributed by atoms with Crippen molar-refractivity contribution >= 4 is 28.3 Å². The average Bonchev–Trinajstić information content (AvgIpc) is 3.33. The Balaban J connectivity index is 1.46. The summed E-state index contributed by atoms with van der Waals surface area (Å²) >= 11 is 1.58. The van der Waals surface area contributed by atoms with Crippen LogP contribution in [0.2, 0.25) is 0 Å². The molecule has 1 aliphatic carbocycles. The molecule has 1 fully saturated rings. The minimum Gasteiger partial charge on any atom is -0.459 e. The predicted octanol–water partition coefficient (Wildman–Crippen LogP) is 3.25. The Hall–Kier alpha value is -2.15. The molecule has 25 heavy (non-hydrogen) atoms. The molecule has 0 aromatic carbocycles. The standard InChI is InChI=1S/C18H21N3O3S/c22-16(20-18-19-12-6-2-1-3-9-15(12)25-18)13-7-4-10-21(13)17(23)14-8-5-11-24-14/h5,8,11,13H,1-4,6-7,9-10H2,(H,19,20,22)/t13-/m0/s1. The van der Waals surface area contributed by atoms with Crippen LogP contribution in [0.4, 0.5) is 5.13 Å². The highest BCUT2D eigenvalue weighted by Crippen LogP contribution is 2.30. The van der Waals surface area contributed by atoms with E-state index in [0.717, 1.165) is 31.4 Å². The molecule has 1 N–H and O–H groups in total. The van der Waals surface area contributed by atoms with Crippen LogP contribution >= 0.6 is 11.3 Å². The number of amides is 2. The highest BCUT2D eigenvalue weighted by molar-refractivity contribution is 7.15. The summed E-state index contributed by atoms with van der Waals surface area (Å²) in [5.74, 6) is -0.0976. The monoisotopic (exact) mass is 359 g/mol. The quantitative estimate of drug-likeness (QED) is 0.854. The summed E-state index contributed by atoms with van der Waals surface area (Å²) in [5, 5.41) is 3.60. The molecular formula is C18H21N3O3S. The molecule has 2 aromatic rings. The second-order valence-corrected chi connectivity index (χ2v) is 7.66. The Morgan fingerprint density at radius 2 is 2.12 bits per heavy atom. The van der Waals surface area contributed by atoms with Crippen LogP contribution in [0.5, 0.6) is 0 Å². The van der Waals surface area contributed by atoms with Gasteiger partial charge in [0.2, 0.25) is 5.91 Å². The van der Waals surface area contributed by atoms with E-state index in [2.05, 4.69) is 10.3 Å². The number of hydrogen-bond donors (Lipinski definition) is 1. The van der Waals surface area contributed by atoms with Gasteiger partial charge in [-0.15, -0.1) is 11.3 Å². The van der Waals surface area contributed by atoms with Crippen molar-refractivity contribution in [2.24, 2.45) is 0 Å². The second kappa shape index (κ2) is 7.00. The molecule has 0 saturated carbocycles. The molecule has 2 amide bonds. The Morgan fingerprint density at radius 3 is 2.96 bits per heavy atom. The zero-order valence-corrected chi connectivity index (χ0v) is 14.8. The lowest BCUT2D eigenvalue weighted by Gasteiger charge is -2.22. The van der Waals surface area contributed by atoms with Gasteiger partial charge >= 0.3 is 0 Å². The fraction of sp³-hybridized carbons (Fsp3) is 0.500. The highest BCUT2D eigenvalue weighted by atomic mass is 32.1. The van der Waals surface area contributed by atoms with Gasteiger partial charge in [0.25, 0.3) is 5.91 Å². The van der Waals surface area contributed by atoms with Crippen molar-refractivity contribution in [2.45, 2.75) is 51.0 Å². The first-order chi connectivity index (χ1) is 12.2. The van der Waals surface area contributed by atoms with E-state index in [1.54, 1.807) is 28.4 Å². The molecule has 132 valence electrons. The maximum Gasteiger partial charge on any atom is 0.290 e. The van der Waals surface area contributed by atoms with Crippen molar-refractivity contribution in [3.8, 4) is 0 Å². The van der Waals surface area contributed by atoms with Crippen LogP contribution in [0.3, 0.4) is 0 Å². The van der Waals surface area contributed by atoms with Gasteiger partial charge in [0.15, 0.2) is 10.9 Å². The van der Waals surface area contributed by atoms with Crippen LogP contribution in [-0.4, -0.2) is 34.3 Å². The SMILES string of the molecule is O=C(Nc1nc2c(s1)CCCCC2)[C@@H]1CCCN1C(=O)c1ccco1. The van der Waals surface area contributed by atoms with Crippen molar-refractivity contribution in [3.63, 3.8) is 0 Å². The Bertz CT molecular complexity index is 745. The van der Waals surface area contributed by atoms with Gasteiger partial charge in [0, 0.05) is 11.4 Å². The third-order valence-corrected chi connectivity index (χ3v) is 5.95. The van der Waals surface area contributed by atoms with Gasteiger partial charge in [-0.3, -0.25) is 9.59 Å². The fourth-order valence-corrected chi connectivity index (χ4v) is 4.65. The van der Waals surface area contributed by atoms with E-state index in [9.17, 15) is 9.59 Å². The van der Waals surface area contributed by atoms with E-state index < -0.39 is 6.04 Å². The van der Waals surface area contributed by atoms with Gasteiger partial charge in [0.1, 0.15) is 6.04 Å². The second-order valence-electron chi connectivity index (χ2n) is 6.57. The third kappa shape index (κ3) is 3.33. The number of hydrogen-bond acceptors (Lipinski definition) is 5. The van der Waals surface area contributed by atoms with E-state index in [1.165, 1.54) is 24.0 Å². The van der Waals surface area contributed by atoms with E-state index in [1.807, 2.05) is 0 Å². The van der Waals surface area contributed by atoms with Gasteiger partial charge in [0.05, 0.1) is 12.0 Å². The van der Waals surface area contributed by atoms with Gasteiger partial charge in [-0.1, -0.05) is 6.42 Å². The molecule has 1 aliphatic heterocycles. The van der Waals surface area contributed by atoms with E-state index in [-0.39, 0.29) is 17.6 Å². The molecule has 1 saturated heterocycles. The molecule has 0 bridgehead atoms. The summed E-state index contributed by atoms with van der Waals surface area (Å²) in [6.07, 6.45) is 8.61. The van der Waals surface area contributed by atoms with Crippen LogP contribution in [0.15, 0.2) is 22.8 Å². The number of aryl methyl sites for hydroxylation is 2. The van der Waals surface area contributed by atoms with Crippen molar-refractivity contribution in [1.82, 2.24) is 9.88 Å². The lowest BCUT2D eigenvalue weighted by molar-refractivity contribution is -0.119. The number of carbonyl (C=O) groups excluding carboxylic acids is 2. The topological polar surface area (TPSA) is 75.4 Å². The van der Waals surface area contributed by atoms with Crippen LogP contribution in [0.1, 0.15) is 53.2 Å². The summed E-state index contributed by atoms with van der Waals surface area (Å²) < 4.78 is 5.19. The molecule has 4 rings (SSSR count). The van der Waals surface area contributed by atoms with Gasteiger partial charge in [-0.05, 0) is 50.7 Å². The zero-order valence-electron chi connectivity index (χ0n) is 14.0. The molecular weight excluding hydrogens is 338 g/mol. The first-order valence-corrected chi connectivity index (χ1v) is 9.68. The van der Waals surface area contributed by atoms with Crippen molar-refractivity contribution in [2.75, 3.05) is 11.9 Å². The van der Waals surface area contributed by atoms with E-state index in [4.69, 9.17) is 4.42 Å². The number of furan rings is 1. The molecule has 0 unspecified atom stereocenters. The van der Waals surface area contributed by atoms with Crippen LogP contribution in [0, 0.1) is 0 Å². The van der Waals surface area contributed by atoms with E-state index in [0.29, 0.717) is 18.1 Å².